The predicted molar refractivity (Wildman–Crippen MR) is 209 cm³/mol. The third kappa shape index (κ3) is 10.4. The number of amides is 1. The zero-order chi connectivity index (χ0) is 39.7. The van der Waals surface area contributed by atoms with E-state index in [-0.39, 0.29) is 45.0 Å². The molecule has 0 aromatic heterocycles. The van der Waals surface area contributed by atoms with Gasteiger partial charge in [-0.25, -0.2) is 8.42 Å². The average Bonchev–Trinajstić information content (AvgIpc) is 3.11. The maximum Gasteiger partial charge on any atom is 0.500 e. The van der Waals surface area contributed by atoms with E-state index in [9.17, 15) is 31.3 Å². The van der Waals surface area contributed by atoms with Gasteiger partial charge in [-0.15, -0.1) is 10.2 Å². The van der Waals surface area contributed by atoms with E-state index in [1.54, 1.807) is 42.3 Å². The predicted octanol–water partition coefficient (Wildman–Crippen LogP) is 5.92. The van der Waals surface area contributed by atoms with E-state index in [0.717, 1.165) is 16.4 Å². The van der Waals surface area contributed by atoms with E-state index < -0.39 is 45.5 Å². The second-order valence-corrected chi connectivity index (χ2v) is 18.2. The molecule has 0 bridgehead atoms. The number of phenolic OH excluding ortho intramolecular Hbond substituents is 1. The van der Waals surface area contributed by atoms with Crippen LogP contribution in [0.25, 0.3) is 10.8 Å². The molecule has 0 saturated heterocycles. The molecular weight excluding hydrogens is 757 g/mol. The molecule has 4 aromatic rings. The lowest BCUT2D eigenvalue weighted by molar-refractivity contribution is -0.117. The average molecular weight is 803 g/mol. The number of carbonyl (C=O) groups is 1. The lowest BCUT2D eigenvalue weighted by atomic mass is 10.1. The molecule has 0 heterocycles. The summed E-state index contributed by atoms with van der Waals surface area (Å²) in [5.74, 6) is -0.905. The summed E-state index contributed by atoms with van der Waals surface area (Å²) in [6.07, 6.45) is 0.646. The number of hydrogen-bond acceptors (Lipinski definition) is 13. The molecule has 5 N–H and O–H groups in total. The molecular formula is C35H46N6O10S2Si. The van der Waals surface area contributed by atoms with Gasteiger partial charge in [-0.2, -0.15) is 8.42 Å². The van der Waals surface area contributed by atoms with Crippen molar-refractivity contribution in [3.8, 4) is 5.75 Å². The number of hydrogen-bond donors (Lipinski definition) is 4. The molecule has 0 spiro atoms. The van der Waals surface area contributed by atoms with Crippen LogP contribution in [0.4, 0.5) is 28.4 Å². The van der Waals surface area contributed by atoms with E-state index in [2.05, 4.69) is 15.5 Å². The third-order valence-corrected chi connectivity index (χ3v) is 14.0. The first kappa shape index (κ1) is 42.3. The Morgan fingerprint density at radius 1 is 0.889 bits per heavy atom. The minimum atomic E-state index is -4.87. The molecule has 19 heteroatoms. The van der Waals surface area contributed by atoms with Crippen LogP contribution < -0.4 is 15.4 Å². The normalized spacial score (nSPS) is 12.5. The number of nitrogens with zero attached hydrogens (tertiary/aromatic N) is 4. The van der Waals surface area contributed by atoms with Gasteiger partial charge in [0, 0.05) is 44.7 Å². The highest BCUT2D eigenvalue weighted by atomic mass is 32.2. The summed E-state index contributed by atoms with van der Waals surface area (Å²) in [6.45, 7) is 7.52. The van der Waals surface area contributed by atoms with Crippen molar-refractivity contribution in [2.75, 3.05) is 62.4 Å². The van der Waals surface area contributed by atoms with Crippen molar-refractivity contribution in [3.63, 3.8) is 0 Å². The molecule has 0 aliphatic carbocycles. The molecule has 4 rings (SSSR count). The number of phenols is 1. The minimum Gasteiger partial charge on any atom is -0.507 e. The smallest absolute Gasteiger partial charge is 0.500 e. The number of nitrogen functional groups attached to an aromatic ring is 1. The maximum absolute atomic E-state index is 13.4. The molecule has 1 amide bonds. The highest BCUT2D eigenvalue weighted by Crippen LogP contribution is 2.41. The number of likely N-dealkylation sites (N-methyl/N-ethyl adjacent to an activating group) is 1. The molecule has 4 aromatic carbocycles. The van der Waals surface area contributed by atoms with Crippen LogP contribution in [-0.4, -0.2) is 93.1 Å². The monoisotopic (exact) mass is 802 g/mol. The summed E-state index contributed by atoms with van der Waals surface area (Å²) in [5, 5.41) is 22.1. The summed E-state index contributed by atoms with van der Waals surface area (Å²) in [4.78, 5) is 13.8. The second-order valence-electron chi connectivity index (χ2n) is 12.1. The Kier molecular flexibility index (Phi) is 14.3. The summed E-state index contributed by atoms with van der Waals surface area (Å²) in [5.41, 5.74) is 6.34. The first-order chi connectivity index (χ1) is 25.5. The molecule has 16 nitrogen and oxygen atoms in total. The van der Waals surface area contributed by atoms with Crippen LogP contribution in [0.3, 0.4) is 0 Å². The van der Waals surface area contributed by atoms with Gasteiger partial charge in [0.05, 0.1) is 28.2 Å². The molecule has 0 fully saturated rings. The van der Waals surface area contributed by atoms with E-state index in [0.29, 0.717) is 44.5 Å². The van der Waals surface area contributed by atoms with Gasteiger partial charge in [0.15, 0.2) is 0 Å². The zero-order valence-electron chi connectivity index (χ0n) is 30.7. The standard InChI is InChI=1S/C35H46N6O10S2Si/c1-6-49-54(50-7-2,51-8-3)20-12-19-40(4)24-33(43)37-26-16-18-30(32(22-26)53(46,47)48)38-39-35-29(36)17-15-25-21-28(23-31(42)34(25)35)52(44,45)41(5)27-13-10-9-11-14-27/h9-11,13-18,21-23,42H,6-8,12,19-20,24,36H2,1-5H3,(H,37,43)(H,46,47,48)/b39-38+. The topological polar surface area (TPSA) is 223 Å². The number of anilines is 3. The van der Waals surface area contributed by atoms with E-state index in [1.807, 2.05) is 20.8 Å². The number of nitrogens with two attached hydrogens (primary N) is 1. The number of nitrogens with one attached hydrogen (secondary N) is 1. The van der Waals surface area contributed by atoms with Crippen LogP contribution in [0.5, 0.6) is 5.75 Å². The Hall–Kier alpha value is -4.47. The lowest BCUT2D eigenvalue weighted by Gasteiger charge is -2.29. The fourth-order valence-corrected chi connectivity index (χ4v) is 10.2. The summed E-state index contributed by atoms with van der Waals surface area (Å²) >= 11 is 0. The van der Waals surface area contributed by atoms with Crippen LogP contribution in [0, 0.1) is 0 Å². The maximum atomic E-state index is 13.4. The summed E-state index contributed by atoms with van der Waals surface area (Å²) in [6, 6.07) is 18.0. The largest absolute Gasteiger partial charge is 0.507 e. The van der Waals surface area contributed by atoms with Crippen molar-refractivity contribution < 1.29 is 44.6 Å². The highest BCUT2D eigenvalue weighted by molar-refractivity contribution is 7.92. The quantitative estimate of drug-likeness (QED) is 0.0375. The molecule has 0 saturated carbocycles. The van der Waals surface area contributed by atoms with E-state index in [4.69, 9.17) is 19.0 Å². The fourth-order valence-electron chi connectivity index (χ4n) is 5.68. The summed E-state index contributed by atoms with van der Waals surface area (Å²) in [7, 11) is -8.65. The van der Waals surface area contributed by atoms with Crippen LogP contribution in [0.1, 0.15) is 27.2 Å². The molecule has 54 heavy (non-hydrogen) atoms. The van der Waals surface area contributed by atoms with Gasteiger partial charge in [0.25, 0.3) is 20.1 Å². The number of carbonyl (C=O) groups excluding carboxylic acids is 1. The Balaban J connectivity index is 1.53. The Labute approximate surface area is 316 Å². The van der Waals surface area contributed by atoms with Crippen molar-refractivity contribution in [2.45, 2.75) is 43.0 Å². The van der Waals surface area contributed by atoms with Crippen LogP contribution in [-0.2, 0) is 38.2 Å². The SMILES string of the molecule is CCO[Si](CCCN(C)CC(=O)Nc1ccc(/N=N/c2c(N)ccc3cc(S(=O)(=O)N(C)c4ccccc4)cc(O)c23)c(S(=O)(=O)O)c1)(OCC)OCC. The third-order valence-electron chi connectivity index (χ3n) is 8.16. The molecule has 0 aliphatic heterocycles. The van der Waals surface area contributed by atoms with Crippen molar-refractivity contribution in [2.24, 2.45) is 10.2 Å². The number of benzene rings is 4. The van der Waals surface area contributed by atoms with Gasteiger partial charge in [-0.1, -0.05) is 24.3 Å². The van der Waals surface area contributed by atoms with Gasteiger partial charge in [0.2, 0.25) is 5.91 Å². The molecule has 0 radical (unpaired) electrons. The number of aromatic hydroxyl groups is 1. The Morgan fingerprint density at radius 2 is 1.54 bits per heavy atom. The molecule has 292 valence electrons. The van der Waals surface area contributed by atoms with E-state index in [1.165, 1.54) is 37.4 Å². The Bertz CT molecular complexity index is 2170. The fraction of sp³-hybridized carbons (Fsp3) is 0.343. The van der Waals surface area contributed by atoms with Crippen molar-refractivity contribution in [1.82, 2.24) is 4.90 Å². The number of fused-ring (bicyclic) bond motifs is 1. The zero-order valence-corrected chi connectivity index (χ0v) is 33.4. The molecule has 0 aliphatic rings. The van der Waals surface area contributed by atoms with Gasteiger partial charge in [-0.3, -0.25) is 18.6 Å². The van der Waals surface area contributed by atoms with Crippen LogP contribution in [0.2, 0.25) is 6.04 Å². The van der Waals surface area contributed by atoms with Crippen LogP contribution in [0.15, 0.2) is 92.8 Å². The first-order valence-electron chi connectivity index (χ1n) is 17.1. The number of azo groups is 1. The highest BCUT2D eigenvalue weighted by Gasteiger charge is 2.39. The minimum absolute atomic E-state index is 0.0233. The van der Waals surface area contributed by atoms with Gasteiger partial charge in [-0.05, 0) is 88.6 Å². The Morgan fingerprint density at radius 3 is 2.15 bits per heavy atom. The lowest BCUT2D eigenvalue weighted by Crippen LogP contribution is -2.46. The van der Waals surface area contributed by atoms with Crippen molar-refractivity contribution in [1.29, 1.82) is 0 Å². The second kappa shape index (κ2) is 18.2. The number of sulfonamides is 1. The summed E-state index contributed by atoms with van der Waals surface area (Å²) < 4.78 is 80.5. The van der Waals surface area contributed by atoms with Gasteiger partial charge >= 0.3 is 8.80 Å². The van der Waals surface area contributed by atoms with E-state index >= 15 is 0 Å². The first-order valence-corrected chi connectivity index (χ1v) is 21.9. The number of rotatable bonds is 19. The van der Waals surface area contributed by atoms with Crippen LogP contribution >= 0.6 is 0 Å². The molecule has 0 unspecified atom stereocenters. The van der Waals surface area contributed by atoms with Crippen molar-refractivity contribution >= 4 is 74.1 Å². The molecule has 0 atom stereocenters. The van der Waals surface area contributed by atoms with Gasteiger partial charge in [0.1, 0.15) is 22.0 Å². The number of para-hydroxylation sites is 1. The van der Waals surface area contributed by atoms with Gasteiger partial charge < -0.3 is 29.4 Å². The van der Waals surface area contributed by atoms with Crippen molar-refractivity contribution in [3.05, 3.63) is 72.8 Å².